The molecule has 1 saturated carbocycles. The Kier molecular flexibility index (Phi) is 5.94. The zero-order valence-electron chi connectivity index (χ0n) is 22.0. The van der Waals surface area contributed by atoms with Gasteiger partial charge in [-0.05, 0) is 85.0 Å². The van der Waals surface area contributed by atoms with Crippen molar-refractivity contribution in [1.82, 2.24) is 15.1 Å². The van der Waals surface area contributed by atoms with E-state index in [9.17, 15) is 14.0 Å². The number of amides is 1. The topological polar surface area (TPSA) is 77.1 Å². The molecule has 0 saturated heterocycles. The predicted octanol–water partition coefficient (Wildman–Crippen LogP) is 6.61. The van der Waals surface area contributed by atoms with Gasteiger partial charge in [0.2, 0.25) is 0 Å². The van der Waals surface area contributed by atoms with Crippen LogP contribution in [0.25, 0.3) is 33.4 Å². The number of nitrogens with one attached hydrogen (secondary N) is 1. The molecule has 0 atom stereocenters. The summed E-state index contributed by atoms with van der Waals surface area (Å²) in [6.07, 6.45) is 4.27. The third-order valence-electron chi connectivity index (χ3n) is 7.73. The van der Waals surface area contributed by atoms with Crippen molar-refractivity contribution >= 4 is 22.7 Å². The lowest BCUT2D eigenvalue weighted by atomic mass is 9.90. The van der Waals surface area contributed by atoms with Crippen molar-refractivity contribution in [3.05, 3.63) is 101 Å². The number of ketones is 1. The van der Waals surface area contributed by atoms with Crippen LogP contribution in [0.5, 0.6) is 0 Å². The Balaban J connectivity index is 1.38. The monoisotopic (exact) mass is 521 g/mol. The van der Waals surface area contributed by atoms with Crippen molar-refractivity contribution in [3.63, 3.8) is 0 Å². The Morgan fingerprint density at radius 3 is 2.44 bits per heavy atom. The molecule has 1 N–H and O–H groups in total. The minimum Gasteiger partial charge on any atom is -0.455 e. The fraction of sp³-hybridized carbons (Fsp3) is 0.219. The molecule has 6 rings (SSSR count). The number of halogens is 1. The highest BCUT2D eigenvalue weighted by molar-refractivity contribution is 6.12. The minimum atomic E-state index is -0.365. The number of furan rings is 1. The van der Waals surface area contributed by atoms with Gasteiger partial charge in [-0.25, -0.2) is 4.39 Å². The van der Waals surface area contributed by atoms with Gasteiger partial charge in [0, 0.05) is 48.6 Å². The maximum atomic E-state index is 13.5. The second-order valence-corrected chi connectivity index (χ2v) is 10.4. The number of nitrogens with zero attached hydrogens (tertiary/aromatic N) is 2. The molecule has 0 aliphatic heterocycles. The number of aromatic nitrogens is 2. The van der Waals surface area contributed by atoms with E-state index >= 15 is 0 Å². The third kappa shape index (κ3) is 4.44. The summed E-state index contributed by atoms with van der Waals surface area (Å²) in [6.45, 7) is 2.00. The summed E-state index contributed by atoms with van der Waals surface area (Å²) in [5.74, 6) is -0.189. The Bertz CT molecular complexity index is 1740. The molecule has 6 nitrogen and oxygen atoms in total. The van der Waals surface area contributed by atoms with Gasteiger partial charge in [0.1, 0.15) is 17.2 Å². The van der Waals surface area contributed by atoms with E-state index in [4.69, 9.17) is 4.42 Å². The molecule has 0 bridgehead atoms. The van der Waals surface area contributed by atoms with Gasteiger partial charge >= 0.3 is 0 Å². The van der Waals surface area contributed by atoms with Gasteiger partial charge in [0.25, 0.3) is 5.91 Å². The molecule has 1 aliphatic carbocycles. The molecule has 196 valence electrons. The summed E-state index contributed by atoms with van der Waals surface area (Å²) < 4.78 is 21.4. The number of fused-ring (bicyclic) bond motifs is 1. The number of hydrogen-bond acceptors (Lipinski definition) is 4. The number of carbonyl (C=O) groups excluding carboxylic acids is 2. The van der Waals surface area contributed by atoms with Gasteiger partial charge in [-0.2, -0.15) is 5.10 Å². The van der Waals surface area contributed by atoms with E-state index in [2.05, 4.69) is 10.4 Å². The van der Waals surface area contributed by atoms with Gasteiger partial charge in [0.15, 0.2) is 5.78 Å². The summed E-state index contributed by atoms with van der Waals surface area (Å²) in [5.41, 5.74) is 5.81. The van der Waals surface area contributed by atoms with Gasteiger partial charge in [-0.1, -0.05) is 18.2 Å². The van der Waals surface area contributed by atoms with Crippen molar-refractivity contribution in [3.8, 4) is 22.5 Å². The smallest absolute Gasteiger partial charge is 0.255 e. The summed E-state index contributed by atoms with van der Waals surface area (Å²) in [5, 5.41) is 7.90. The molecule has 2 aromatic heterocycles. The Labute approximate surface area is 225 Å². The third-order valence-corrected chi connectivity index (χ3v) is 7.73. The van der Waals surface area contributed by atoms with Gasteiger partial charge in [-0.3, -0.25) is 14.3 Å². The summed E-state index contributed by atoms with van der Waals surface area (Å²) in [7, 11) is 3.46. The molecule has 5 aromatic rings. The summed E-state index contributed by atoms with van der Waals surface area (Å²) >= 11 is 0. The van der Waals surface area contributed by atoms with E-state index in [1.807, 2.05) is 62.6 Å². The van der Waals surface area contributed by atoms with Gasteiger partial charge in [0.05, 0.1) is 11.3 Å². The van der Waals surface area contributed by atoms with E-state index in [1.165, 1.54) is 12.1 Å². The number of carbonyl (C=O) groups is 2. The molecule has 0 spiro atoms. The van der Waals surface area contributed by atoms with Crippen molar-refractivity contribution in [2.24, 2.45) is 7.05 Å². The number of Topliss-reactive ketones (excluding diaryl/α,β-unsaturated/α-hetero) is 1. The lowest BCUT2D eigenvalue weighted by molar-refractivity contribution is 0.0958. The van der Waals surface area contributed by atoms with Crippen LogP contribution in [-0.2, 0) is 12.5 Å². The zero-order chi connectivity index (χ0) is 27.3. The average Bonchev–Trinajstić information content (AvgIpc) is 3.40. The largest absolute Gasteiger partial charge is 0.455 e. The Morgan fingerprint density at radius 1 is 1.03 bits per heavy atom. The Morgan fingerprint density at radius 2 is 1.77 bits per heavy atom. The first-order valence-corrected chi connectivity index (χ1v) is 13.0. The molecular weight excluding hydrogens is 493 g/mol. The second kappa shape index (κ2) is 9.34. The minimum absolute atomic E-state index is 0.0911. The highest BCUT2D eigenvalue weighted by Gasteiger charge is 2.47. The maximum absolute atomic E-state index is 13.5. The number of rotatable bonds is 7. The van der Waals surface area contributed by atoms with E-state index < -0.39 is 0 Å². The van der Waals surface area contributed by atoms with Crippen LogP contribution in [0.1, 0.15) is 51.2 Å². The van der Waals surface area contributed by atoms with Crippen LogP contribution < -0.4 is 5.32 Å². The summed E-state index contributed by atoms with van der Waals surface area (Å²) in [4.78, 5) is 26.4. The van der Waals surface area contributed by atoms with Crippen molar-refractivity contribution < 1.29 is 18.4 Å². The highest BCUT2D eigenvalue weighted by Crippen LogP contribution is 2.51. The van der Waals surface area contributed by atoms with Crippen LogP contribution in [-0.4, -0.2) is 28.5 Å². The molecule has 1 aliphatic rings. The molecule has 2 heterocycles. The van der Waals surface area contributed by atoms with Crippen LogP contribution in [0.2, 0.25) is 0 Å². The normalized spacial score (nSPS) is 13.9. The van der Waals surface area contributed by atoms with Crippen LogP contribution >= 0.6 is 0 Å². The number of benzene rings is 3. The summed E-state index contributed by atoms with van der Waals surface area (Å²) in [6, 6.07) is 19.3. The van der Waals surface area contributed by atoms with Crippen molar-refractivity contribution in [1.29, 1.82) is 0 Å². The van der Waals surface area contributed by atoms with E-state index in [0.29, 0.717) is 39.8 Å². The first-order chi connectivity index (χ1) is 18.8. The maximum Gasteiger partial charge on any atom is 0.255 e. The molecule has 3 aromatic carbocycles. The van der Waals surface area contributed by atoms with Gasteiger partial charge in [-0.15, -0.1) is 0 Å². The fourth-order valence-electron chi connectivity index (χ4n) is 5.31. The molecule has 39 heavy (non-hydrogen) atoms. The molecule has 1 fully saturated rings. The highest BCUT2D eigenvalue weighted by atomic mass is 19.1. The zero-order valence-corrected chi connectivity index (χ0v) is 22.0. The molecule has 0 unspecified atom stereocenters. The van der Waals surface area contributed by atoms with Crippen LogP contribution in [0.4, 0.5) is 4.39 Å². The average molecular weight is 522 g/mol. The first-order valence-electron chi connectivity index (χ1n) is 13.0. The van der Waals surface area contributed by atoms with Gasteiger partial charge < -0.3 is 9.73 Å². The Hall–Kier alpha value is -4.52. The van der Waals surface area contributed by atoms with Crippen LogP contribution in [0, 0.1) is 12.7 Å². The first kappa shape index (κ1) is 24.8. The lowest BCUT2D eigenvalue weighted by Gasteiger charge is -2.13. The predicted molar refractivity (Wildman–Crippen MR) is 148 cm³/mol. The molecule has 7 heteroatoms. The quantitative estimate of drug-likeness (QED) is 0.245. The second-order valence-electron chi connectivity index (χ2n) is 10.4. The number of hydrogen-bond donors (Lipinski definition) is 1. The molecule has 0 radical (unpaired) electrons. The van der Waals surface area contributed by atoms with E-state index in [1.54, 1.807) is 23.9 Å². The SMILES string of the molecule is CNC(=O)c1c(-c2ccc(F)cc2)oc2ccc(-c3cc(C(=O)CC4(c5ccn(C)n5)CC4)ccc3C)cc12. The standard InChI is InChI=1S/C32H28FN3O3/c1-19-4-5-22(26(37)18-32(13-14-32)28-12-15-36(3)35-28)17-24(19)21-8-11-27-25(16-21)29(31(38)34-2)30(39-27)20-6-9-23(33)10-7-20/h4-12,15-17H,13-14,18H2,1-3H3,(H,34,38). The van der Waals surface area contributed by atoms with E-state index in [0.717, 1.165) is 35.2 Å². The lowest BCUT2D eigenvalue weighted by Crippen LogP contribution is -2.18. The van der Waals surface area contributed by atoms with Crippen LogP contribution in [0.15, 0.2) is 77.3 Å². The van der Waals surface area contributed by atoms with Crippen LogP contribution in [0.3, 0.4) is 0 Å². The number of aryl methyl sites for hydroxylation is 2. The van der Waals surface area contributed by atoms with Crippen molar-refractivity contribution in [2.75, 3.05) is 7.05 Å². The molecular formula is C32H28FN3O3. The van der Waals surface area contributed by atoms with E-state index in [-0.39, 0.29) is 22.9 Å². The van der Waals surface area contributed by atoms with Crippen molar-refractivity contribution in [2.45, 2.75) is 31.6 Å². The fourth-order valence-corrected chi connectivity index (χ4v) is 5.31. The molecule has 1 amide bonds.